The Morgan fingerprint density at radius 2 is 1.65 bits per heavy atom. The molecule has 0 fully saturated rings. The summed E-state index contributed by atoms with van der Waals surface area (Å²) in [5, 5.41) is 0. The molecule has 4 nitrogen and oxygen atoms in total. The number of thiazole rings is 1. The first-order valence-electron chi connectivity index (χ1n) is 13.3. The number of hydrogen-bond acceptors (Lipinski definition) is 4. The Balaban J connectivity index is 1.29. The van der Waals surface area contributed by atoms with Gasteiger partial charge in [0.05, 0.1) is 16.3 Å². The van der Waals surface area contributed by atoms with E-state index < -0.39 is 0 Å². The molecule has 1 aliphatic heterocycles. The van der Waals surface area contributed by atoms with E-state index in [0.29, 0.717) is 11.1 Å². The smallest absolute Gasteiger partial charge is 0.271 e. The molecular formula is C34H25BrN2O2S. The highest BCUT2D eigenvalue weighted by Crippen LogP contribution is 2.41. The maximum absolute atomic E-state index is 13.9. The van der Waals surface area contributed by atoms with Gasteiger partial charge in [0.1, 0.15) is 12.4 Å². The zero-order valence-electron chi connectivity index (χ0n) is 21.6. The second-order valence-electron chi connectivity index (χ2n) is 10.0. The summed E-state index contributed by atoms with van der Waals surface area (Å²) in [7, 11) is 0. The lowest BCUT2D eigenvalue weighted by molar-refractivity contribution is 0.306. The number of nitrogens with zero attached hydrogens (tertiary/aromatic N) is 2. The minimum absolute atomic E-state index is 0.00789. The van der Waals surface area contributed by atoms with E-state index in [-0.39, 0.29) is 11.6 Å². The average Bonchev–Trinajstić information content (AvgIpc) is 3.30. The fraction of sp³-hybridized carbons (Fsp3) is 0.118. The van der Waals surface area contributed by atoms with Crippen LogP contribution >= 0.6 is 27.3 Å². The molecule has 0 saturated carbocycles. The van der Waals surface area contributed by atoms with Crippen LogP contribution in [0, 0.1) is 0 Å². The number of rotatable bonds is 5. The number of hydrogen-bond donors (Lipinski definition) is 0. The largest absolute Gasteiger partial charge is 0.489 e. The van der Waals surface area contributed by atoms with E-state index in [1.807, 2.05) is 77.4 Å². The maximum atomic E-state index is 13.9. The van der Waals surface area contributed by atoms with Crippen molar-refractivity contribution >= 4 is 39.0 Å². The van der Waals surface area contributed by atoms with Gasteiger partial charge in [-0.1, -0.05) is 106 Å². The van der Waals surface area contributed by atoms with Crippen molar-refractivity contribution in [1.82, 2.24) is 4.57 Å². The van der Waals surface area contributed by atoms with Crippen LogP contribution in [0.4, 0.5) is 0 Å². The molecule has 6 heteroatoms. The van der Waals surface area contributed by atoms with Crippen molar-refractivity contribution < 1.29 is 4.74 Å². The third-order valence-corrected chi connectivity index (χ3v) is 9.00. The number of halogens is 1. The first kappa shape index (κ1) is 25.0. The second-order valence-corrected chi connectivity index (χ2v) is 11.9. The fourth-order valence-electron chi connectivity index (χ4n) is 5.52. The Hall–Kier alpha value is -4.00. The fourth-order valence-corrected chi connectivity index (χ4v) is 6.79. The molecule has 1 atom stereocenters. The maximum Gasteiger partial charge on any atom is 0.271 e. The third-order valence-electron chi connectivity index (χ3n) is 7.48. The van der Waals surface area contributed by atoms with E-state index in [9.17, 15) is 4.79 Å². The van der Waals surface area contributed by atoms with E-state index >= 15 is 0 Å². The lowest BCUT2D eigenvalue weighted by atomic mass is 9.83. The van der Waals surface area contributed by atoms with Gasteiger partial charge in [-0.15, -0.1) is 0 Å². The van der Waals surface area contributed by atoms with Gasteiger partial charge in [0.2, 0.25) is 0 Å². The van der Waals surface area contributed by atoms with Crippen LogP contribution in [0.5, 0.6) is 5.75 Å². The van der Waals surface area contributed by atoms with Gasteiger partial charge in [-0.2, -0.15) is 0 Å². The number of allylic oxidation sites excluding steroid dienone is 1. The van der Waals surface area contributed by atoms with Crippen LogP contribution in [0.25, 0.3) is 11.8 Å². The van der Waals surface area contributed by atoms with Gasteiger partial charge in [-0.05, 0) is 71.0 Å². The van der Waals surface area contributed by atoms with E-state index in [0.717, 1.165) is 50.3 Å². The van der Waals surface area contributed by atoms with E-state index in [2.05, 4.69) is 52.3 Å². The second kappa shape index (κ2) is 10.5. The van der Waals surface area contributed by atoms with Gasteiger partial charge in [0.15, 0.2) is 4.80 Å². The highest BCUT2D eigenvalue weighted by Gasteiger charge is 2.32. The van der Waals surface area contributed by atoms with Gasteiger partial charge in [0, 0.05) is 10.0 Å². The van der Waals surface area contributed by atoms with Crippen molar-refractivity contribution in [3.05, 3.63) is 161 Å². The SMILES string of the molecule is O=c1/c(=C/c2ccc(OCc3ccccc3)cc2)sc2n1[C@H](c1ccc(Br)cc1)C1=C(N=2)c2ccccc2CC1. The zero-order valence-corrected chi connectivity index (χ0v) is 24.0. The van der Waals surface area contributed by atoms with E-state index in [1.54, 1.807) is 0 Å². The van der Waals surface area contributed by atoms with Gasteiger partial charge in [-0.25, -0.2) is 4.99 Å². The Morgan fingerprint density at radius 3 is 2.45 bits per heavy atom. The zero-order chi connectivity index (χ0) is 27.1. The number of aryl methyl sites for hydroxylation is 1. The Morgan fingerprint density at radius 1 is 0.900 bits per heavy atom. The van der Waals surface area contributed by atoms with Crippen LogP contribution in [-0.4, -0.2) is 4.57 Å². The molecule has 196 valence electrons. The van der Waals surface area contributed by atoms with Crippen LogP contribution < -0.4 is 19.6 Å². The summed E-state index contributed by atoms with van der Waals surface area (Å²) < 4.78 is 9.52. The molecule has 0 bridgehead atoms. The summed E-state index contributed by atoms with van der Waals surface area (Å²) in [6, 6.07) is 34.6. The summed E-state index contributed by atoms with van der Waals surface area (Å²) in [4.78, 5) is 19.8. The minimum atomic E-state index is -0.177. The first-order valence-corrected chi connectivity index (χ1v) is 14.9. The van der Waals surface area contributed by atoms with Gasteiger partial charge in [0.25, 0.3) is 5.56 Å². The van der Waals surface area contributed by atoms with Crippen LogP contribution in [0.1, 0.15) is 40.3 Å². The molecule has 4 aromatic carbocycles. The molecule has 40 heavy (non-hydrogen) atoms. The Bertz CT molecular complexity index is 1920. The molecule has 0 amide bonds. The van der Waals surface area contributed by atoms with E-state index in [1.165, 1.54) is 28.0 Å². The van der Waals surface area contributed by atoms with Crippen molar-refractivity contribution in [2.24, 2.45) is 4.99 Å². The summed E-state index contributed by atoms with van der Waals surface area (Å²) in [6.07, 6.45) is 3.78. The van der Waals surface area contributed by atoms with Gasteiger partial charge in [-0.3, -0.25) is 9.36 Å². The Kier molecular flexibility index (Phi) is 6.58. The predicted molar refractivity (Wildman–Crippen MR) is 164 cm³/mol. The summed E-state index contributed by atoms with van der Waals surface area (Å²) >= 11 is 5.02. The van der Waals surface area contributed by atoms with Crippen molar-refractivity contribution in [2.45, 2.75) is 25.5 Å². The molecule has 1 aromatic heterocycles. The lowest BCUT2D eigenvalue weighted by Crippen LogP contribution is -2.38. The van der Waals surface area contributed by atoms with Gasteiger partial charge >= 0.3 is 0 Å². The van der Waals surface area contributed by atoms with Crippen LogP contribution in [0.3, 0.4) is 0 Å². The van der Waals surface area contributed by atoms with Gasteiger partial charge < -0.3 is 4.74 Å². The van der Waals surface area contributed by atoms with Crippen LogP contribution in [0.2, 0.25) is 0 Å². The van der Waals surface area contributed by atoms with Crippen molar-refractivity contribution in [3.63, 3.8) is 0 Å². The monoisotopic (exact) mass is 604 g/mol. The highest BCUT2D eigenvalue weighted by molar-refractivity contribution is 9.10. The Labute approximate surface area is 244 Å². The van der Waals surface area contributed by atoms with Crippen molar-refractivity contribution in [3.8, 4) is 5.75 Å². The molecule has 0 N–H and O–H groups in total. The predicted octanol–water partition coefficient (Wildman–Crippen LogP) is 6.66. The lowest BCUT2D eigenvalue weighted by Gasteiger charge is -2.30. The molecule has 7 rings (SSSR count). The molecule has 0 spiro atoms. The molecule has 1 aliphatic carbocycles. The van der Waals surface area contributed by atoms with E-state index in [4.69, 9.17) is 9.73 Å². The minimum Gasteiger partial charge on any atom is -0.489 e. The van der Waals surface area contributed by atoms with Crippen molar-refractivity contribution in [1.29, 1.82) is 0 Å². The molecule has 0 radical (unpaired) electrons. The van der Waals surface area contributed by atoms with Crippen LogP contribution in [-0.2, 0) is 13.0 Å². The quantitative estimate of drug-likeness (QED) is 0.225. The normalized spacial score (nSPS) is 16.1. The summed E-state index contributed by atoms with van der Waals surface area (Å²) in [6.45, 7) is 0.517. The topological polar surface area (TPSA) is 43.6 Å². The standard InChI is InChI=1S/C34H25BrN2O2S/c35-26-15-12-25(13-16-26)32-29-19-14-24-8-4-5-9-28(24)31(29)36-34-37(32)33(38)30(40-34)20-22-10-17-27(18-11-22)39-21-23-6-2-1-3-7-23/h1-13,15-18,20,32H,14,19,21H2/b30-20-/t32-/m1/s1. The third kappa shape index (κ3) is 4.67. The average molecular weight is 606 g/mol. The highest BCUT2D eigenvalue weighted by atomic mass is 79.9. The number of ether oxygens (including phenoxy) is 1. The molecule has 0 unspecified atom stereocenters. The molecule has 2 heterocycles. The van der Waals surface area contributed by atoms with Crippen LogP contribution in [0.15, 0.2) is 123 Å². The first-order chi connectivity index (χ1) is 19.6. The number of benzene rings is 4. The molecular weight excluding hydrogens is 580 g/mol. The molecule has 5 aromatic rings. The summed E-state index contributed by atoms with van der Waals surface area (Å²) in [5.41, 5.74) is 7.87. The number of aromatic nitrogens is 1. The molecule has 0 saturated heterocycles. The molecule has 2 aliphatic rings. The number of fused-ring (bicyclic) bond motifs is 3. The van der Waals surface area contributed by atoms with Crippen molar-refractivity contribution in [2.75, 3.05) is 0 Å². The summed E-state index contributed by atoms with van der Waals surface area (Å²) in [5.74, 6) is 0.795.